The summed E-state index contributed by atoms with van der Waals surface area (Å²) in [4.78, 5) is 17.1. The van der Waals surface area contributed by atoms with Gasteiger partial charge in [0.1, 0.15) is 11.4 Å². The summed E-state index contributed by atoms with van der Waals surface area (Å²) < 4.78 is 44.1. The molecule has 0 aliphatic carbocycles. The number of carbonyl (C=O) groups is 1. The fraction of sp³-hybridized carbons (Fsp3) is 0.333. The molecule has 0 aliphatic rings. The van der Waals surface area contributed by atoms with Crippen LogP contribution in [0.2, 0.25) is 0 Å². The van der Waals surface area contributed by atoms with Crippen LogP contribution in [0, 0.1) is 5.82 Å². The molecule has 0 saturated carbocycles. The van der Waals surface area contributed by atoms with Gasteiger partial charge in [-0.2, -0.15) is 0 Å². The standard InChI is InChI=1S/C24H27FN2O4S/c1-15(26-23(28)31-24(2,3)4)22-21(16-9-7-6-8-10-16)19(14-32(5,29)30)18-13-17(25)11-12-20(18)27-22/h6-13,15H,14H2,1-5H3,(H,26,28). The number of nitrogens with zero attached hydrogens (tertiary/aromatic N) is 1. The number of nitrogens with one attached hydrogen (secondary N) is 1. The fourth-order valence-electron chi connectivity index (χ4n) is 3.53. The Kier molecular flexibility index (Phi) is 6.55. The molecule has 2 aromatic carbocycles. The Labute approximate surface area is 187 Å². The maximum Gasteiger partial charge on any atom is 0.408 e. The number of hydrogen-bond donors (Lipinski definition) is 1. The number of sulfone groups is 1. The lowest BCUT2D eigenvalue weighted by molar-refractivity contribution is 0.0507. The minimum Gasteiger partial charge on any atom is -0.444 e. The van der Waals surface area contributed by atoms with Crippen molar-refractivity contribution in [2.75, 3.05) is 6.26 Å². The average molecular weight is 459 g/mol. The van der Waals surface area contributed by atoms with Gasteiger partial charge in [-0.05, 0) is 57.0 Å². The number of fused-ring (bicyclic) bond motifs is 1. The summed E-state index contributed by atoms with van der Waals surface area (Å²) in [7, 11) is -3.46. The lowest BCUT2D eigenvalue weighted by Gasteiger charge is -2.24. The molecule has 0 bridgehead atoms. The predicted octanol–water partition coefficient (Wildman–Crippen LogP) is 5.17. The number of amides is 1. The predicted molar refractivity (Wildman–Crippen MR) is 123 cm³/mol. The van der Waals surface area contributed by atoms with E-state index in [1.807, 2.05) is 30.3 Å². The molecule has 3 rings (SSSR count). The van der Waals surface area contributed by atoms with Gasteiger partial charge in [0, 0.05) is 17.2 Å². The van der Waals surface area contributed by atoms with Gasteiger partial charge in [-0.15, -0.1) is 0 Å². The van der Waals surface area contributed by atoms with Crippen LogP contribution in [0.1, 0.15) is 45.0 Å². The van der Waals surface area contributed by atoms with Gasteiger partial charge in [-0.1, -0.05) is 30.3 Å². The van der Waals surface area contributed by atoms with E-state index in [-0.39, 0.29) is 5.75 Å². The number of alkyl carbamates (subject to hydrolysis) is 1. The van der Waals surface area contributed by atoms with Crippen molar-refractivity contribution in [1.82, 2.24) is 10.3 Å². The van der Waals surface area contributed by atoms with Crippen molar-refractivity contribution in [2.24, 2.45) is 0 Å². The normalized spacial score (nSPS) is 13.1. The highest BCUT2D eigenvalue weighted by molar-refractivity contribution is 7.89. The molecule has 0 radical (unpaired) electrons. The molecule has 0 fully saturated rings. The van der Waals surface area contributed by atoms with Gasteiger partial charge in [-0.3, -0.25) is 0 Å². The van der Waals surface area contributed by atoms with Crippen LogP contribution in [-0.4, -0.2) is 31.4 Å². The van der Waals surface area contributed by atoms with E-state index in [0.29, 0.717) is 27.7 Å². The van der Waals surface area contributed by atoms with E-state index < -0.39 is 33.4 Å². The minimum atomic E-state index is -3.46. The molecule has 0 aliphatic heterocycles. The highest BCUT2D eigenvalue weighted by atomic mass is 32.2. The van der Waals surface area contributed by atoms with Crippen LogP contribution in [0.5, 0.6) is 0 Å². The van der Waals surface area contributed by atoms with Crippen molar-refractivity contribution in [2.45, 2.75) is 45.1 Å². The number of rotatable bonds is 5. The first kappa shape index (κ1) is 23.7. The number of aromatic nitrogens is 1. The van der Waals surface area contributed by atoms with Crippen molar-refractivity contribution < 1.29 is 22.3 Å². The molecule has 1 aromatic heterocycles. The molecule has 8 heteroatoms. The molecule has 0 saturated heterocycles. The van der Waals surface area contributed by atoms with E-state index >= 15 is 0 Å². The lowest BCUT2D eigenvalue weighted by atomic mass is 9.93. The minimum absolute atomic E-state index is 0.300. The first-order valence-electron chi connectivity index (χ1n) is 10.2. The Morgan fingerprint density at radius 3 is 2.41 bits per heavy atom. The first-order valence-corrected chi connectivity index (χ1v) is 12.2. The monoisotopic (exact) mass is 458 g/mol. The molecule has 1 atom stereocenters. The first-order chi connectivity index (χ1) is 14.8. The van der Waals surface area contributed by atoms with Gasteiger partial charge < -0.3 is 10.1 Å². The second kappa shape index (κ2) is 8.86. The molecule has 1 heterocycles. The van der Waals surface area contributed by atoms with E-state index in [9.17, 15) is 17.6 Å². The molecule has 6 nitrogen and oxygen atoms in total. The van der Waals surface area contributed by atoms with Crippen LogP contribution in [0.15, 0.2) is 48.5 Å². The maximum absolute atomic E-state index is 14.1. The Morgan fingerprint density at radius 1 is 1.16 bits per heavy atom. The topological polar surface area (TPSA) is 85.4 Å². The number of ether oxygens (including phenoxy) is 1. The molecule has 1 N–H and O–H groups in total. The Bertz CT molecular complexity index is 1250. The zero-order valence-corrected chi connectivity index (χ0v) is 19.6. The number of hydrogen-bond acceptors (Lipinski definition) is 5. The number of halogens is 1. The smallest absolute Gasteiger partial charge is 0.408 e. The molecule has 3 aromatic rings. The summed E-state index contributed by atoms with van der Waals surface area (Å²) in [6.07, 6.45) is 0.518. The quantitative estimate of drug-likeness (QED) is 0.570. The van der Waals surface area contributed by atoms with E-state index in [2.05, 4.69) is 5.32 Å². The fourth-order valence-corrected chi connectivity index (χ4v) is 4.35. The van der Waals surface area contributed by atoms with E-state index in [1.165, 1.54) is 18.2 Å². The van der Waals surface area contributed by atoms with E-state index in [4.69, 9.17) is 9.72 Å². The van der Waals surface area contributed by atoms with Gasteiger partial charge in [0.25, 0.3) is 0 Å². The van der Waals surface area contributed by atoms with Crippen LogP contribution >= 0.6 is 0 Å². The van der Waals surface area contributed by atoms with Crippen LogP contribution < -0.4 is 5.32 Å². The number of benzene rings is 2. The summed E-state index contributed by atoms with van der Waals surface area (Å²) >= 11 is 0. The van der Waals surface area contributed by atoms with Gasteiger partial charge in [-0.25, -0.2) is 22.6 Å². The van der Waals surface area contributed by atoms with Crippen molar-refractivity contribution in [3.8, 4) is 11.1 Å². The molecule has 170 valence electrons. The summed E-state index contributed by atoms with van der Waals surface area (Å²) in [5.41, 5.74) is 1.95. The van der Waals surface area contributed by atoms with Crippen molar-refractivity contribution in [1.29, 1.82) is 0 Å². The average Bonchev–Trinajstić information content (AvgIpc) is 2.66. The molecule has 1 unspecified atom stereocenters. The third-order valence-electron chi connectivity index (χ3n) is 4.69. The van der Waals surface area contributed by atoms with Crippen molar-refractivity contribution >= 4 is 26.8 Å². The molecule has 32 heavy (non-hydrogen) atoms. The van der Waals surface area contributed by atoms with Gasteiger partial charge in [0.05, 0.1) is 23.0 Å². The summed E-state index contributed by atoms with van der Waals surface area (Å²) in [6, 6.07) is 12.6. The summed E-state index contributed by atoms with van der Waals surface area (Å²) in [6.45, 7) is 7.04. The van der Waals surface area contributed by atoms with Crippen LogP contribution in [0.4, 0.5) is 9.18 Å². The largest absolute Gasteiger partial charge is 0.444 e. The van der Waals surface area contributed by atoms with Crippen LogP contribution in [-0.2, 0) is 20.3 Å². The Balaban J connectivity index is 2.27. The van der Waals surface area contributed by atoms with Gasteiger partial charge >= 0.3 is 6.09 Å². The Morgan fingerprint density at radius 2 is 1.81 bits per heavy atom. The summed E-state index contributed by atoms with van der Waals surface area (Å²) in [5.74, 6) is -0.785. The number of pyridine rings is 1. The van der Waals surface area contributed by atoms with Gasteiger partial charge in [0.2, 0.25) is 0 Å². The highest BCUT2D eigenvalue weighted by Crippen LogP contribution is 2.36. The molecular formula is C24H27FN2O4S. The van der Waals surface area contributed by atoms with Crippen LogP contribution in [0.3, 0.4) is 0 Å². The second-order valence-corrected chi connectivity index (χ2v) is 11.0. The molecule has 1 amide bonds. The maximum atomic E-state index is 14.1. The van der Waals surface area contributed by atoms with E-state index in [1.54, 1.807) is 27.7 Å². The molecular weight excluding hydrogens is 431 g/mol. The third kappa shape index (κ3) is 5.82. The Hall–Kier alpha value is -3.00. The molecule has 0 spiro atoms. The van der Waals surface area contributed by atoms with Crippen molar-refractivity contribution in [3.05, 3.63) is 65.6 Å². The highest BCUT2D eigenvalue weighted by Gasteiger charge is 2.25. The number of carbonyl (C=O) groups excluding carboxylic acids is 1. The zero-order chi connectivity index (χ0) is 23.7. The van der Waals surface area contributed by atoms with Crippen molar-refractivity contribution in [3.63, 3.8) is 0 Å². The lowest BCUT2D eigenvalue weighted by Crippen LogP contribution is -2.34. The summed E-state index contributed by atoms with van der Waals surface area (Å²) in [5, 5.41) is 3.20. The van der Waals surface area contributed by atoms with E-state index in [0.717, 1.165) is 11.8 Å². The zero-order valence-electron chi connectivity index (χ0n) is 18.8. The third-order valence-corrected chi connectivity index (χ3v) is 5.51. The SMILES string of the molecule is CC(NC(=O)OC(C)(C)C)c1nc2ccc(F)cc2c(CS(C)(=O)=O)c1-c1ccccc1. The second-order valence-electron chi connectivity index (χ2n) is 8.82. The van der Waals surface area contributed by atoms with Crippen LogP contribution in [0.25, 0.3) is 22.0 Å². The van der Waals surface area contributed by atoms with Gasteiger partial charge in [0.15, 0.2) is 9.84 Å².